The lowest BCUT2D eigenvalue weighted by atomic mass is 10.2. The summed E-state index contributed by atoms with van der Waals surface area (Å²) < 4.78 is 0. The Hall–Kier alpha value is -1.36. The molecule has 0 spiro atoms. The summed E-state index contributed by atoms with van der Waals surface area (Å²) in [5.41, 5.74) is 0. The van der Waals surface area contributed by atoms with Crippen LogP contribution >= 0.6 is 0 Å². The molecule has 1 aliphatic heterocycles. The lowest BCUT2D eigenvalue weighted by molar-refractivity contribution is 0.471. The topological polar surface area (TPSA) is 53.1 Å². The van der Waals surface area contributed by atoms with E-state index < -0.39 is 0 Å². The van der Waals surface area contributed by atoms with Gasteiger partial charge in [-0.05, 0) is 13.3 Å². The molecule has 0 aromatic carbocycles. The fourth-order valence-corrected chi connectivity index (χ4v) is 1.93. The maximum Gasteiger partial charge on any atom is 0.134 e. The predicted octanol–water partition coefficient (Wildman–Crippen LogP) is 1.41. The quantitative estimate of drug-likeness (QED) is 0.798. The first-order valence-corrected chi connectivity index (χ1v) is 6.73. The molecular weight excluding hydrogens is 226 g/mol. The molecule has 1 saturated heterocycles. The van der Waals surface area contributed by atoms with Gasteiger partial charge >= 0.3 is 0 Å². The number of rotatable bonds is 6. The molecule has 0 radical (unpaired) electrons. The van der Waals surface area contributed by atoms with Crippen LogP contribution in [0.5, 0.6) is 0 Å². The predicted molar refractivity (Wildman–Crippen MR) is 75.2 cm³/mol. The molecule has 2 N–H and O–H groups in total. The lowest BCUT2D eigenvalue weighted by Gasteiger charge is -2.29. The van der Waals surface area contributed by atoms with Crippen LogP contribution in [0.2, 0.25) is 0 Å². The van der Waals surface area contributed by atoms with Crippen molar-refractivity contribution in [2.24, 2.45) is 0 Å². The first kappa shape index (κ1) is 13.1. The largest absolute Gasteiger partial charge is 0.365 e. The van der Waals surface area contributed by atoms with Crippen molar-refractivity contribution in [3.8, 4) is 0 Å². The summed E-state index contributed by atoms with van der Waals surface area (Å²) in [6, 6.07) is 2.55. The summed E-state index contributed by atoms with van der Waals surface area (Å²) >= 11 is 0. The molecule has 18 heavy (non-hydrogen) atoms. The molecule has 1 aromatic rings. The van der Waals surface area contributed by atoms with Gasteiger partial charge in [-0.15, -0.1) is 0 Å². The summed E-state index contributed by atoms with van der Waals surface area (Å²) in [5.74, 6) is 2.77. The van der Waals surface area contributed by atoms with Crippen molar-refractivity contribution in [3.63, 3.8) is 0 Å². The van der Waals surface area contributed by atoms with Crippen molar-refractivity contribution in [2.45, 2.75) is 32.7 Å². The SMILES string of the molecule is CCCCN(C)c1cc(NC2CNC2)nc(C)n1. The molecule has 5 nitrogen and oxygen atoms in total. The number of unbranched alkanes of at least 4 members (excludes halogenated alkanes) is 1. The summed E-state index contributed by atoms with van der Waals surface area (Å²) in [5, 5.41) is 6.68. The van der Waals surface area contributed by atoms with Gasteiger partial charge in [0.1, 0.15) is 17.5 Å². The van der Waals surface area contributed by atoms with Crippen LogP contribution in [0.4, 0.5) is 11.6 Å². The minimum Gasteiger partial charge on any atom is -0.365 e. The second-order valence-corrected chi connectivity index (χ2v) is 4.93. The molecule has 100 valence electrons. The van der Waals surface area contributed by atoms with Gasteiger partial charge in [0.2, 0.25) is 0 Å². The first-order valence-electron chi connectivity index (χ1n) is 6.73. The lowest BCUT2D eigenvalue weighted by Crippen LogP contribution is -2.51. The number of anilines is 2. The van der Waals surface area contributed by atoms with E-state index in [0.29, 0.717) is 6.04 Å². The van der Waals surface area contributed by atoms with Gasteiger partial charge in [0.05, 0.1) is 6.04 Å². The van der Waals surface area contributed by atoms with Gasteiger partial charge in [0.25, 0.3) is 0 Å². The summed E-state index contributed by atoms with van der Waals surface area (Å²) in [4.78, 5) is 11.1. The highest BCUT2D eigenvalue weighted by atomic mass is 15.2. The van der Waals surface area contributed by atoms with Gasteiger partial charge in [-0.3, -0.25) is 0 Å². The highest BCUT2D eigenvalue weighted by Gasteiger charge is 2.17. The van der Waals surface area contributed by atoms with Crippen LogP contribution in [-0.4, -0.2) is 42.7 Å². The zero-order valence-electron chi connectivity index (χ0n) is 11.5. The van der Waals surface area contributed by atoms with Crippen LogP contribution in [0.3, 0.4) is 0 Å². The van der Waals surface area contributed by atoms with E-state index in [9.17, 15) is 0 Å². The average molecular weight is 249 g/mol. The number of aromatic nitrogens is 2. The summed E-state index contributed by atoms with van der Waals surface area (Å²) in [6.07, 6.45) is 2.39. The third-order valence-corrected chi connectivity index (χ3v) is 3.20. The van der Waals surface area contributed by atoms with Crippen molar-refractivity contribution in [1.82, 2.24) is 15.3 Å². The van der Waals surface area contributed by atoms with E-state index >= 15 is 0 Å². The Kier molecular flexibility index (Phi) is 4.36. The maximum atomic E-state index is 4.50. The number of hydrogen-bond acceptors (Lipinski definition) is 5. The Labute approximate surface area is 109 Å². The molecule has 0 amide bonds. The minimum absolute atomic E-state index is 0.507. The third-order valence-electron chi connectivity index (χ3n) is 3.20. The number of aryl methyl sites for hydroxylation is 1. The molecule has 1 aliphatic rings. The fraction of sp³-hybridized carbons (Fsp3) is 0.692. The minimum atomic E-state index is 0.507. The van der Waals surface area contributed by atoms with Crippen LogP contribution in [0, 0.1) is 6.92 Å². The summed E-state index contributed by atoms with van der Waals surface area (Å²) in [6.45, 7) is 7.22. The normalized spacial score (nSPS) is 15.3. The Balaban J connectivity index is 2.04. The van der Waals surface area contributed by atoms with Crippen molar-refractivity contribution in [3.05, 3.63) is 11.9 Å². The molecule has 5 heteroatoms. The zero-order valence-corrected chi connectivity index (χ0v) is 11.5. The van der Waals surface area contributed by atoms with E-state index in [1.54, 1.807) is 0 Å². The Bertz CT molecular complexity index is 389. The molecule has 0 bridgehead atoms. The second kappa shape index (κ2) is 6.00. The van der Waals surface area contributed by atoms with Crippen molar-refractivity contribution < 1.29 is 0 Å². The number of hydrogen-bond donors (Lipinski definition) is 2. The standard InChI is InChI=1S/C13H23N5/c1-4-5-6-18(3)13-7-12(15-10(2)16-13)17-11-8-14-9-11/h7,11,14H,4-6,8-9H2,1-3H3,(H,15,16,17). The molecule has 1 fully saturated rings. The van der Waals surface area contributed by atoms with Crippen molar-refractivity contribution in [1.29, 1.82) is 0 Å². The van der Waals surface area contributed by atoms with Gasteiger partial charge in [-0.1, -0.05) is 13.3 Å². The van der Waals surface area contributed by atoms with Crippen LogP contribution in [0.25, 0.3) is 0 Å². The molecular formula is C13H23N5. The second-order valence-electron chi connectivity index (χ2n) is 4.93. The third kappa shape index (κ3) is 3.32. The van der Waals surface area contributed by atoms with Crippen LogP contribution < -0.4 is 15.5 Å². The molecule has 0 unspecified atom stereocenters. The van der Waals surface area contributed by atoms with E-state index in [2.05, 4.69) is 39.5 Å². The molecule has 0 aliphatic carbocycles. The van der Waals surface area contributed by atoms with Crippen LogP contribution in [0.15, 0.2) is 6.07 Å². The van der Waals surface area contributed by atoms with Crippen LogP contribution in [0.1, 0.15) is 25.6 Å². The Morgan fingerprint density at radius 1 is 1.44 bits per heavy atom. The van der Waals surface area contributed by atoms with Crippen LogP contribution in [-0.2, 0) is 0 Å². The molecule has 0 atom stereocenters. The van der Waals surface area contributed by atoms with E-state index in [-0.39, 0.29) is 0 Å². The maximum absolute atomic E-state index is 4.50. The van der Waals surface area contributed by atoms with E-state index in [1.807, 2.05) is 13.0 Å². The van der Waals surface area contributed by atoms with Gasteiger partial charge in [-0.2, -0.15) is 0 Å². The smallest absolute Gasteiger partial charge is 0.134 e. The average Bonchev–Trinajstić information content (AvgIpc) is 2.30. The fourth-order valence-electron chi connectivity index (χ4n) is 1.93. The Morgan fingerprint density at radius 2 is 2.22 bits per heavy atom. The van der Waals surface area contributed by atoms with Gasteiger partial charge < -0.3 is 15.5 Å². The summed E-state index contributed by atoms with van der Waals surface area (Å²) in [7, 11) is 2.09. The van der Waals surface area contributed by atoms with E-state index in [4.69, 9.17) is 0 Å². The zero-order chi connectivity index (χ0) is 13.0. The number of nitrogens with one attached hydrogen (secondary N) is 2. The van der Waals surface area contributed by atoms with Gasteiger partial charge in [0.15, 0.2) is 0 Å². The van der Waals surface area contributed by atoms with Gasteiger partial charge in [-0.25, -0.2) is 9.97 Å². The molecule has 2 rings (SSSR count). The first-order chi connectivity index (χ1) is 8.69. The van der Waals surface area contributed by atoms with E-state index in [1.165, 1.54) is 12.8 Å². The monoisotopic (exact) mass is 249 g/mol. The van der Waals surface area contributed by atoms with E-state index in [0.717, 1.165) is 37.1 Å². The van der Waals surface area contributed by atoms with Crippen molar-refractivity contribution in [2.75, 3.05) is 36.9 Å². The highest BCUT2D eigenvalue weighted by molar-refractivity contribution is 5.49. The van der Waals surface area contributed by atoms with Gasteiger partial charge in [0, 0.05) is 32.7 Å². The molecule has 1 aromatic heterocycles. The van der Waals surface area contributed by atoms with Crippen molar-refractivity contribution >= 4 is 11.6 Å². The highest BCUT2D eigenvalue weighted by Crippen LogP contribution is 2.16. The Morgan fingerprint density at radius 3 is 2.83 bits per heavy atom. The molecule has 0 saturated carbocycles. The number of nitrogens with zero attached hydrogens (tertiary/aromatic N) is 3. The molecule has 2 heterocycles.